The first-order valence-electron chi connectivity index (χ1n) is 6.39. The van der Waals surface area contributed by atoms with Crippen LogP contribution in [0.2, 0.25) is 0 Å². The molecule has 2 aromatic heterocycles. The zero-order chi connectivity index (χ0) is 14.7. The van der Waals surface area contributed by atoms with Crippen LogP contribution in [-0.4, -0.2) is 19.7 Å². The summed E-state index contributed by atoms with van der Waals surface area (Å²) in [6.07, 6.45) is 3.48. The number of hydrogen-bond acceptors (Lipinski definition) is 5. The molecule has 106 valence electrons. The smallest absolute Gasteiger partial charge is 0.333 e. The van der Waals surface area contributed by atoms with Crippen LogP contribution in [0.5, 0.6) is 0 Å². The summed E-state index contributed by atoms with van der Waals surface area (Å²) < 4.78 is 1.61. The molecular weight excluding hydrogens is 258 g/mol. The average molecular weight is 275 g/mol. The molecule has 0 saturated carbocycles. The number of rotatable bonds is 5. The van der Waals surface area contributed by atoms with Crippen molar-refractivity contribution in [1.82, 2.24) is 14.8 Å². The second-order valence-corrected chi connectivity index (χ2v) is 4.51. The monoisotopic (exact) mass is 275 g/mol. The highest BCUT2D eigenvalue weighted by molar-refractivity contribution is 5.59. The first-order valence-corrected chi connectivity index (χ1v) is 6.39. The van der Waals surface area contributed by atoms with Gasteiger partial charge in [0.1, 0.15) is 5.69 Å². The second-order valence-electron chi connectivity index (χ2n) is 4.51. The third-order valence-corrected chi connectivity index (χ3v) is 3.17. The number of anilines is 1. The highest BCUT2D eigenvalue weighted by Crippen LogP contribution is 2.28. The number of pyridine rings is 1. The van der Waals surface area contributed by atoms with Gasteiger partial charge in [0.25, 0.3) is 0 Å². The van der Waals surface area contributed by atoms with Crippen molar-refractivity contribution in [2.45, 2.75) is 33.9 Å². The van der Waals surface area contributed by atoms with Gasteiger partial charge < -0.3 is 5.32 Å². The summed E-state index contributed by atoms with van der Waals surface area (Å²) in [6, 6.07) is 1.91. The molecule has 0 aliphatic rings. The largest absolute Gasteiger partial charge is 0.360 e. The summed E-state index contributed by atoms with van der Waals surface area (Å²) in [5.41, 5.74) is 2.55. The fourth-order valence-electron chi connectivity index (χ4n) is 2.06. The van der Waals surface area contributed by atoms with Crippen LogP contribution in [0, 0.1) is 24.0 Å². The highest BCUT2D eigenvalue weighted by Gasteiger charge is 2.24. The molecule has 1 N–H and O–H groups in total. The lowest BCUT2D eigenvalue weighted by Crippen LogP contribution is -2.09. The maximum atomic E-state index is 11.1. The third-order valence-electron chi connectivity index (χ3n) is 3.17. The molecule has 20 heavy (non-hydrogen) atoms. The molecule has 0 aliphatic heterocycles. The normalized spacial score (nSPS) is 10.6. The molecule has 0 amide bonds. The van der Waals surface area contributed by atoms with Gasteiger partial charge in [0.15, 0.2) is 0 Å². The van der Waals surface area contributed by atoms with Crippen molar-refractivity contribution >= 4 is 11.5 Å². The minimum absolute atomic E-state index is 0.0355. The van der Waals surface area contributed by atoms with E-state index in [9.17, 15) is 10.1 Å². The predicted molar refractivity (Wildman–Crippen MR) is 75.6 cm³/mol. The van der Waals surface area contributed by atoms with E-state index < -0.39 is 4.92 Å². The zero-order valence-corrected chi connectivity index (χ0v) is 11.8. The van der Waals surface area contributed by atoms with Crippen molar-refractivity contribution in [3.05, 3.63) is 45.4 Å². The van der Waals surface area contributed by atoms with Crippen LogP contribution in [0.1, 0.15) is 23.7 Å². The zero-order valence-electron chi connectivity index (χ0n) is 11.8. The van der Waals surface area contributed by atoms with Crippen LogP contribution < -0.4 is 5.32 Å². The van der Waals surface area contributed by atoms with Gasteiger partial charge in [-0.2, -0.15) is 5.10 Å². The Hall–Kier alpha value is -2.44. The van der Waals surface area contributed by atoms with Gasteiger partial charge in [0, 0.05) is 25.5 Å². The standard InChI is InChI=1S/C13H17N5O2/c1-4-17-13(12(18(19)20)10(3)16-17)15-8-11-7-14-6-5-9(11)2/h5-7,15H,4,8H2,1-3H3. The van der Waals surface area contributed by atoms with E-state index in [1.54, 1.807) is 24.0 Å². The van der Waals surface area contributed by atoms with Gasteiger partial charge in [0.05, 0.1) is 4.92 Å². The van der Waals surface area contributed by atoms with Gasteiger partial charge >= 0.3 is 5.69 Å². The molecule has 0 radical (unpaired) electrons. The van der Waals surface area contributed by atoms with Crippen LogP contribution in [0.3, 0.4) is 0 Å². The Morgan fingerprint density at radius 2 is 2.20 bits per heavy atom. The Bertz CT molecular complexity index is 636. The van der Waals surface area contributed by atoms with Crippen molar-refractivity contribution in [2.75, 3.05) is 5.32 Å². The third kappa shape index (κ3) is 2.61. The maximum Gasteiger partial charge on any atom is 0.333 e. The van der Waals surface area contributed by atoms with Crippen molar-refractivity contribution < 1.29 is 4.92 Å². The predicted octanol–water partition coefficient (Wildman–Crippen LogP) is 2.44. The Balaban J connectivity index is 2.29. The maximum absolute atomic E-state index is 11.1. The number of hydrogen-bond donors (Lipinski definition) is 1. The molecule has 7 nitrogen and oxygen atoms in total. The van der Waals surface area contributed by atoms with Gasteiger partial charge in [-0.3, -0.25) is 15.1 Å². The molecular formula is C13H17N5O2. The van der Waals surface area contributed by atoms with E-state index in [4.69, 9.17) is 0 Å². The van der Waals surface area contributed by atoms with E-state index in [1.807, 2.05) is 19.9 Å². The highest BCUT2D eigenvalue weighted by atomic mass is 16.6. The molecule has 0 spiro atoms. The summed E-state index contributed by atoms with van der Waals surface area (Å²) in [5, 5.41) is 18.4. The summed E-state index contributed by atoms with van der Waals surface area (Å²) in [6.45, 7) is 6.58. The molecule has 7 heteroatoms. The van der Waals surface area contributed by atoms with Gasteiger partial charge in [-0.1, -0.05) is 0 Å². The van der Waals surface area contributed by atoms with E-state index in [-0.39, 0.29) is 5.69 Å². The molecule has 0 saturated heterocycles. The van der Waals surface area contributed by atoms with E-state index in [2.05, 4.69) is 15.4 Å². The Morgan fingerprint density at radius 1 is 1.45 bits per heavy atom. The van der Waals surface area contributed by atoms with E-state index in [1.165, 1.54) is 0 Å². The molecule has 0 unspecified atom stereocenters. The molecule has 2 rings (SSSR count). The summed E-state index contributed by atoms with van der Waals surface area (Å²) in [7, 11) is 0. The van der Waals surface area contributed by atoms with Crippen molar-refractivity contribution in [1.29, 1.82) is 0 Å². The van der Waals surface area contributed by atoms with Crippen LogP contribution in [-0.2, 0) is 13.1 Å². The fourth-order valence-corrected chi connectivity index (χ4v) is 2.06. The molecule has 0 aromatic carbocycles. The molecule has 0 fully saturated rings. The lowest BCUT2D eigenvalue weighted by atomic mass is 10.1. The summed E-state index contributed by atoms with van der Waals surface area (Å²) in [4.78, 5) is 14.8. The number of nitro groups is 1. The topological polar surface area (TPSA) is 85.9 Å². The Kier molecular flexibility index (Phi) is 3.97. The van der Waals surface area contributed by atoms with Crippen molar-refractivity contribution in [2.24, 2.45) is 0 Å². The minimum atomic E-state index is -0.396. The van der Waals surface area contributed by atoms with Crippen LogP contribution in [0.4, 0.5) is 11.5 Å². The number of aromatic nitrogens is 3. The van der Waals surface area contributed by atoms with E-state index >= 15 is 0 Å². The number of nitrogens with zero attached hydrogens (tertiary/aromatic N) is 4. The molecule has 2 aromatic rings. The van der Waals surface area contributed by atoms with Crippen LogP contribution in [0.15, 0.2) is 18.5 Å². The van der Waals surface area contributed by atoms with Gasteiger partial charge in [-0.15, -0.1) is 0 Å². The fraction of sp³-hybridized carbons (Fsp3) is 0.385. The molecule has 0 bridgehead atoms. The summed E-state index contributed by atoms with van der Waals surface area (Å²) in [5.74, 6) is 0.443. The lowest BCUT2D eigenvalue weighted by molar-refractivity contribution is -0.384. The van der Waals surface area contributed by atoms with E-state index in [0.29, 0.717) is 24.6 Å². The Labute approximate surface area is 116 Å². The number of aryl methyl sites for hydroxylation is 3. The van der Waals surface area contributed by atoms with Gasteiger partial charge in [-0.05, 0) is 38.0 Å². The van der Waals surface area contributed by atoms with Crippen molar-refractivity contribution in [3.8, 4) is 0 Å². The van der Waals surface area contributed by atoms with Gasteiger partial charge in [-0.25, -0.2) is 4.68 Å². The van der Waals surface area contributed by atoms with Gasteiger partial charge in [0.2, 0.25) is 5.82 Å². The van der Waals surface area contributed by atoms with Crippen LogP contribution >= 0.6 is 0 Å². The lowest BCUT2D eigenvalue weighted by Gasteiger charge is -2.09. The molecule has 0 aliphatic carbocycles. The van der Waals surface area contributed by atoms with Crippen molar-refractivity contribution in [3.63, 3.8) is 0 Å². The van der Waals surface area contributed by atoms with Crippen LogP contribution in [0.25, 0.3) is 0 Å². The SMILES string of the molecule is CCn1nc(C)c([N+](=O)[O-])c1NCc1cnccc1C. The number of nitrogens with one attached hydrogen (secondary N) is 1. The average Bonchev–Trinajstić information content (AvgIpc) is 2.74. The molecule has 0 atom stereocenters. The quantitative estimate of drug-likeness (QED) is 0.669. The first kappa shape index (κ1) is 14.0. The first-order chi connectivity index (χ1) is 9.54. The second kappa shape index (κ2) is 5.68. The Morgan fingerprint density at radius 3 is 2.80 bits per heavy atom. The minimum Gasteiger partial charge on any atom is -0.360 e. The van der Waals surface area contributed by atoms with E-state index in [0.717, 1.165) is 11.1 Å². The summed E-state index contributed by atoms with van der Waals surface area (Å²) >= 11 is 0. The molecule has 2 heterocycles.